The van der Waals surface area contributed by atoms with E-state index in [0.29, 0.717) is 18.1 Å². The number of amides is 2. The van der Waals surface area contributed by atoms with Gasteiger partial charge in [0.25, 0.3) is 11.1 Å². The number of ether oxygens (including phenoxy) is 1. The Morgan fingerprint density at radius 2 is 1.90 bits per heavy atom. The smallest absolute Gasteiger partial charge is 0.293 e. The van der Waals surface area contributed by atoms with E-state index in [1.165, 1.54) is 4.90 Å². The summed E-state index contributed by atoms with van der Waals surface area (Å²) in [5.41, 5.74) is 0.885. The lowest BCUT2D eigenvalue weighted by Crippen LogP contribution is -2.28. The van der Waals surface area contributed by atoms with Crippen molar-refractivity contribution >= 4 is 29.0 Å². The molecular weight excluding hydrogens is 274 g/mol. The summed E-state index contributed by atoms with van der Waals surface area (Å²) in [6.45, 7) is 4.97. The molecule has 0 unspecified atom stereocenters. The second-order valence-electron chi connectivity index (χ2n) is 4.34. The molecule has 0 aliphatic carbocycles. The summed E-state index contributed by atoms with van der Waals surface area (Å²) in [7, 11) is 0. The van der Waals surface area contributed by atoms with Gasteiger partial charge >= 0.3 is 0 Å². The lowest BCUT2D eigenvalue weighted by Gasteiger charge is -2.09. The van der Waals surface area contributed by atoms with E-state index in [4.69, 9.17) is 4.74 Å². The fraction of sp³-hybridized carbons (Fsp3) is 0.333. The highest BCUT2D eigenvalue weighted by atomic mass is 32.2. The molecule has 2 amide bonds. The SMILES string of the molecule is CCCN1C(=O)S/C(=C\c2ccc(OCC)cc2)C1=O. The Hall–Kier alpha value is -1.75. The molecule has 4 nitrogen and oxygen atoms in total. The molecule has 0 N–H and O–H groups in total. The first kappa shape index (κ1) is 14.7. The van der Waals surface area contributed by atoms with E-state index in [0.717, 1.165) is 29.5 Å². The van der Waals surface area contributed by atoms with Crippen LogP contribution >= 0.6 is 11.8 Å². The first-order valence-corrected chi connectivity index (χ1v) is 7.45. The maximum Gasteiger partial charge on any atom is 0.293 e. The molecule has 0 bridgehead atoms. The highest BCUT2D eigenvalue weighted by Crippen LogP contribution is 2.32. The molecular formula is C15H17NO3S. The average Bonchev–Trinajstić information content (AvgIpc) is 2.69. The van der Waals surface area contributed by atoms with Crippen LogP contribution in [-0.2, 0) is 4.79 Å². The van der Waals surface area contributed by atoms with Gasteiger partial charge in [-0.15, -0.1) is 0 Å². The number of benzene rings is 1. The highest BCUT2D eigenvalue weighted by Gasteiger charge is 2.34. The molecule has 1 aliphatic rings. The van der Waals surface area contributed by atoms with Crippen molar-refractivity contribution in [1.29, 1.82) is 0 Å². The van der Waals surface area contributed by atoms with E-state index >= 15 is 0 Å². The molecule has 2 rings (SSSR count). The molecule has 5 heteroatoms. The van der Waals surface area contributed by atoms with Crippen molar-refractivity contribution < 1.29 is 14.3 Å². The largest absolute Gasteiger partial charge is 0.494 e. The minimum absolute atomic E-state index is 0.186. The molecule has 1 saturated heterocycles. The van der Waals surface area contributed by atoms with Gasteiger partial charge in [0.15, 0.2) is 0 Å². The molecule has 1 aromatic rings. The zero-order valence-corrected chi connectivity index (χ0v) is 12.4. The van der Waals surface area contributed by atoms with Crippen LogP contribution < -0.4 is 4.74 Å². The number of thioether (sulfide) groups is 1. The van der Waals surface area contributed by atoms with Crippen LogP contribution in [0.25, 0.3) is 6.08 Å². The predicted octanol–water partition coefficient (Wildman–Crippen LogP) is 3.53. The quantitative estimate of drug-likeness (QED) is 0.779. The molecule has 0 aromatic heterocycles. The van der Waals surface area contributed by atoms with Gasteiger partial charge in [0, 0.05) is 6.54 Å². The molecule has 1 aromatic carbocycles. The second kappa shape index (κ2) is 6.61. The van der Waals surface area contributed by atoms with Crippen LogP contribution in [0.15, 0.2) is 29.2 Å². The molecule has 0 atom stereocenters. The van der Waals surface area contributed by atoms with Crippen molar-refractivity contribution in [2.45, 2.75) is 20.3 Å². The maximum atomic E-state index is 12.1. The molecule has 0 spiro atoms. The Morgan fingerprint density at radius 3 is 2.50 bits per heavy atom. The third kappa shape index (κ3) is 3.22. The Labute approximate surface area is 122 Å². The number of nitrogens with zero attached hydrogens (tertiary/aromatic N) is 1. The number of hydrogen-bond acceptors (Lipinski definition) is 4. The van der Waals surface area contributed by atoms with E-state index < -0.39 is 0 Å². The van der Waals surface area contributed by atoms with Crippen LogP contribution in [0.5, 0.6) is 5.75 Å². The van der Waals surface area contributed by atoms with Crippen molar-refractivity contribution in [3.63, 3.8) is 0 Å². The van der Waals surface area contributed by atoms with Gasteiger partial charge in [0.2, 0.25) is 0 Å². The van der Waals surface area contributed by atoms with Crippen LogP contribution in [0, 0.1) is 0 Å². The Morgan fingerprint density at radius 1 is 1.20 bits per heavy atom. The van der Waals surface area contributed by atoms with Gasteiger partial charge < -0.3 is 4.74 Å². The number of rotatable bonds is 5. The lowest BCUT2D eigenvalue weighted by molar-refractivity contribution is -0.122. The van der Waals surface area contributed by atoms with Gasteiger partial charge in [-0.25, -0.2) is 0 Å². The highest BCUT2D eigenvalue weighted by molar-refractivity contribution is 8.18. The molecule has 0 radical (unpaired) electrons. The van der Waals surface area contributed by atoms with Gasteiger partial charge in [0.1, 0.15) is 5.75 Å². The molecule has 106 valence electrons. The van der Waals surface area contributed by atoms with E-state index in [1.807, 2.05) is 38.1 Å². The van der Waals surface area contributed by atoms with Gasteiger partial charge in [-0.1, -0.05) is 19.1 Å². The zero-order valence-electron chi connectivity index (χ0n) is 11.6. The van der Waals surface area contributed by atoms with Crippen LogP contribution in [0.2, 0.25) is 0 Å². The summed E-state index contributed by atoms with van der Waals surface area (Å²) in [5.74, 6) is 0.597. The molecule has 20 heavy (non-hydrogen) atoms. The fourth-order valence-electron chi connectivity index (χ4n) is 1.89. The maximum absolute atomic E-state index is 12.1. The van der Waals surface area contributed by atoms with Crippen molar-refractivity contribution in [3.8, 4) is 5.75 Å². The lowest BCUT2D eigenvalue weighted by atomic mass is 10.2. The van der Waals surface area contributed by atoms with Crippen LogP contribution in [-0.4, -0.2) is 29.2 Å². The third-order valence-corrected chi connectivity index (χ3v) is 3.72. The van der Waals surface area contributed by atoms with Crippen molar-refractivity contribution in [1.82, 2.24) is 4.90 Å². The molecule has 1 heterocycles. The molecule has 0 saturated carbocycles. The zero-order chi connectivity index (χ0) is 14.5. The predicted molar refractivity (Wildman–Crippen MR) is 80.6 cm³/mol. The van der Waals surface area contributed by atoms with E-state index in [9.17, 15) is 9.59 Å². The first-order chi connectivity index (χ1) is 9.65. The Kier molecular flexibility index (Phi) is 4.84. The van der Waals surface area contributed by atoms with Gasteiger partial charge in [-0.2, -0.15) is 0 Å². The number of carbonyl (C=O) groups is 2. The number of hydrogen-bond donors (Lipinski definition) is 0. The topological polar surface area (TPSA) is 46.6 Å². The van der Waals surface area contributed by atoms with Gasteiger partial charge in [-0.3, -0.25) is 14.5 Å². The van der Waals surface area contributed by atoms with Crippen molar-refractivity contribution in [2.75, 3.05) is 13.2 Å². The number of carbonyl (C=O) groups excluding carboxylic acids is 2. The minimum atomic E-state index is -0.198. The summed E-state index contributed by atoms with van der Waals surface area (Å²) in [6.07, 6.45) is 2.52. The van der Waals surface area contributed by atoms with E-state index in [1.54, 1.807) is 6.08 Å². The minimum Gasteiger partial charge on any atom is -0.494 e. The monoisotopic (exact) mass is 291 g/mol. The molecule has 1 fully saturated rings. The van der Waals surface area contributed by atoms with Gasteiger partial charge in [-0.05, 0) is 48.9 Å². The summed E-state index contributed by atoms with van der Waals surface area (Å²) >= 11 is 0.998. The fourth-order valence-corrected chi connectivity index (χ4v) is 2.76. The summed E-state index contributed by atoms with van der Waals surface area (Å²) in [6, 6.07) is 7.45. The summed E-state index contributed by atoms with van der Waals surface area (Å²) in [4.78, 5) is 25.6. The normalized spacial score (nSPS) is 17.1. The number of imide groups is 1. The average molecular weight is 291 g/mol. The standard InChI is InChI=1S/C15H17NO3S/c1-3-9-16-14(17)13(20-15(16)18)10-11-5-7-12(8-6-11)19-4-2/h5-8,10H,3-4,9H2,1-2H3/b13-10-. The summed E-state index contributed by atoms with van der Waals surface area (Å²) in [5, 5.41) is -0.186. The van der Waals surface area contributed by atoms with Crippen LogP contribution in [0.3, 0.4) is 0 Å². The van der Waals surface area contributed by atoms with Crippen molar-refractivity contribution in [2.24, 2.45) is 0 Å². The second-order valence-corrected chi connectivity index (χ2v) is 5.33. The summed E-state index contributed by atoms with van der Waals surface area (Å²) < 4.78 is 5.36. The van der Waals surface area contributed by atoms with Crippen LogP contribution in [0.1, 0.15) is 25.8 Å². The van der Waals surface area contributed by atoms with E-state index in [2.05, 4.69) is 0 Å². The molecule has 1 aliphatic heterocycles. The first-order valence-electron chi connectivity index (χ1n) is 6.64. The Balaban J connectivity index is 2.15. The van der Waals surface area contributed by atoms with Crippen molar-refractivity contribution in [3.05, 3.63) is 34.7 Å². The van der Waals surface area contributed by atoms with Crippen LogP contribution in [0.4, 0.5) is 4.79 Å². The Bertz CT molecular complexity index is 537. The third-order valence-electron chi connectivity index (χ3n) is 2.81. The van der Waals surface area contributed by atoms with E-state index in [-0.39, 0.29) is 11.1 Å². The van der Waals surface area contributed by atoms with Gasteiger partial charge in [0.05, 0.1) is 11.5 Å².